The Bertz CT molecular complexity index is 110. The molecule has 1 aliphatic heterocycles. The van der Waals surface area contributed by atoms with E-state index in [1.165, 1.54) is 3.63 Å². The van der Waals surface area contributed by atoms with Crippen LogP contribution in [-0.2, 0) is 0 Å². The molecule has 8 heavy (non-hydrogen) atoms. The van der Waals surface area contributed by atoms with Crippen LogP contribution in [-0.4, -0.2) is 3.63 Å². The first-order chi connectivity index (χ1) is 3.80. The molecule has 0 fully saturated rings. The van der Waals surface area contributed by atoms with Crippen LogP contribution in [0.15, 0.2) is 0 Å². The third kappa shape index (κ3) is 1.48. The summed E-state index contributed by atoms with van der Waals surface area (Å²) in [6.07, 6.45) is 0. The van der Waals surface area contributed by atoms with E-state index in [1.807, 2.05) is 0 Å². The van der Waals surface area contributed by atoms with Crippen molar-refractivity contribution < 1.29 is 0 Å². The van der Waals surface area contributed by atoms with Gasteiger partial charge in [-0.1, -0.05) is 13.8 Å². The summed E-state index contributed by atoms with van der Waals surface area (Å²) in [5.74, 6) is 0.672. The third-order valence-electron chi connectivity index (χ3n) is 0.885. The molecular formula is C4H10IN3. The maximum atomic E-state index is 3.07. The average molecular weight is 227 g/mol. The van der Waals surface area contributed by atoms with E-state index in [4.69, 9.17) is 0 Å². The maximum absolute atomic E-state index is 3.07. The van der Waals surface area contributed by atoms with Gasteiger partial charge in [0, 0.05) is 0 Å². The first-order valence-electron chi connectivity index (χ1n) is 2.57. The number of rotatable bonds is 1. The van der Waals surface area contributed by atoms with Crippen molar-refractivity contribution in [3.63, 3.8) is 0 Å². The molecule has 0 unspecified atom stereocenters. The molecule has 48 valence electrons. The average Bonchev–Trinajstić information content (AvgIpc) is 2.12. The van der Waals surface area contributed by atoms with Crippen molar-refractivity contribution in [1.82, 2.24) is 14.6 Å². The van der Waals surface area contributed by atoms with Gasteiger partial charge in [-0.3, -0.25) is 0 Å². The molecule has 0 saturated heterocycles. The summed E-state index contributed by atoms with van der Waals surface area (Å²) in [6, 6.07) is 0. The number of nitrogens with one attached hydrogen (secondary N) is 3. The molecule has 1 rings (SSSR count). The van der Waals surface area contributed by atoms with Crippen molar-refractivity contribution >= 4 is 24.6 Å². The van der Waals surface area contributed by atoms with Gasteiger partial charge in [0.05, 0.1) is 3.63 Å². The lowest BCUT2D eigenvalue weighted by Gasteiger charge is -2.01. The Morgan fingerprint density at radius 1 is 1.50 bits per heavy atom. The summed E-state index contributed by atoms with van der Waals surface area (Å²) in [5.41, 5.74) is 5.93. The van der Waals surface area contributed by atoms with Gasteiger partial charge in [0.1, 0.15) is 0 Å². The van der Waals surface area contributed by atoms with Crippen molar-refractivity contribution in [3.05, 3.63) is 0 Å². The molecule has 3 nitrogen and oxygen atoms in total. The van der Waals surface area contributed by atoms with Gasteiger partial charge < -0.3 is 0 Å². The van der Waals surface area contributed by atoms with Gasteiger partial charge in [-0.2, -0.15) is 9.17 Å². The molecule has 0 aliphatic carbocycles. The number of hydrogen-bond acceptors (Lipinski definition) is 3. The number of halogens is 1. The van der Waals surface area contributed by atoms with Crippen molar-refractivity contribution in [1.29, 1.82) is 0 Å². The lowest BCUT2D eigenvalue weighted by Crippen LogP contribution is -2.36. The number of hydrogen-bond donors (Lipinski definition) is 3. The van der Waals surface area contributed by atoms with E-state index in [0.717, 1.165) is 0 Å². The lowest BCUT2D eigenvalue weighted by molar-refractivity contribution is 0.652. The van der Waals surface area contributed by atoms with Crippen molar-refractivity contribution in [2.45, 2.75) is 13.8 Å². The molecule has 1 heterocycles. The summed E-state index contributed by atoms with van der Waals surface area (Å²) >= 11 is 0.0805. The van der Waals surface area contributed by atoms with Crippen LogP contribution in [0.1, 0.15) is 13.8 Å². The molecule has 3 N–H and O–H groups in total. The van der Waals surface area contributed by atoms with E-state index in [0.29, 0.717) is 5.92 Å². The Morgan fingerprint density at radius 2 is 2.25 bits per heavy atom. The van der Waals surface area contributed by atoms with E-state index in [9.17, 15) is 0 Å². The van der Waals surface area contributed by atoms with Crippen LogP contribution in [0.5, 0.6) is 0 Å². The zero-order valence-electron chi connectivity index (χ0n) is 4.96. The molecule has 0 aromatic rings. The van der Waals surface area contributed by atoms with Crippen LogP contribution < -0.4 is 14.6 Å². The van der Waals surface area contributed by atoms with E-state index in [2.05, 4.69) is 28.4 Å². The van der Waals surface area contributed by atoms with Gasteiger partial charge in [-0.25, -0.2) is 5.43 Å². The Kier molecular flexibility index (Phi) is 2.36. The highest BCUT2D eigenvalue weighted by molar-refractivity contribution is 14.2. The molecule has 0 atom stereocenters. The van der Waals surface area contributed by atoms with E-state index >= 15 is 0 Å². The fraction of sp³-hybridized carbons (Fsp3) is 0.750. The Balaban J connectivity index is 2.45. The zero-order chi connectivity index (χ0) is 5.98. The van der Waals surface area contributed by atoms with Crippen LogP contribution in [0.2, 0.25) is 0 Å². The van der Waals surface area contributed by atoms with Crippen molar-refractivity contribution in [2.24, 2.45) is 5.92 Å². The predicted molar refractivity (Wildman–Crippen MR) is 43.3 cm³/mol. The van der Waals surface area contributed by atoms with E-state index in [-0.39, 0.29) is 21.0 Å². The molecule has 0 spiro atoms. The van der Waals surface area contributed by atoms with Crippen LogP contribution in [0, 0.1) is 5.92 Å². The van der Waals surface area contributed by atoms with Gasteiger partial charge in [0.2, 0.25) is 0 Å². The molecule has 0 aromatic carbocycles. The van der Waals surface area contributed by atoms with Crippen LogP contribution in [0.4, 0.5) is 0 Å². The van der Waals surface area contributed by atoms with Crippen LogP contribution in [0.25, 0.3) is 0 Å². The van der Waals surface area contributed by atoms with Gasteiger partial charge in [-0.15, -0.1) is 0 Å². The molecule has 0 amide bonds. The first-order valence-corrected chi connectivity index (χ1v) is 4.73. The smallest absolute Gasteiger partial charge is 0.0544 e. The fourth-order valence-corrected chi connectivity index (χ4v) is 1.89. The second-order valence-corrected chi connectivity index (χ2v) is 4.18. The summed E-state index contributed by atoms with van der Waals surface area (Å²) in [7, 11) is 0. The minimum Gasteiger partial charge on any atom is -0.210 e. The summed E-state index contributed by atoms with van der Waals surface area (Å²) in [6.45, 7) is 4.38. The van der Waals surface area contributed by atoms with E-state index < -0.39 is 0 Å². The second-order valence-electron chi connectivity index (χ2n) is 1.94. The minimum absolute atomic E-state index is 0.0805. The SMILES string of the molecule is CC(C)C1=INNN1. The first kappa shape index (κ1) is 6.60. The third-order valence-corrected chi connectivity index (χ3v) is 3.52. The highest BCUT2D eigenvalue weighted by Crippen LogP contribution is 2.03. The zero-order valence-corrected chi connectivity index (χ0v) is 7.11. The van der Waals surface area contributed by atoms with Crippen LogP contribution >= 0.6 is 21.0 Å². The maximum Gasteiger partial charge on any atom is 0.0544 e. The Morgan fingerprint density at radius 3 is 2.50 bits per heavy atom. The monoisotopic (exact) mass is 227 g/mol. The fourth-order valence-electron chi connectivity index (χ4n) is 0.435. The summed E-state index contributed by atoms with van der Waals surface area (Å²) < 4.78 is 4.50. The van der Waals surface area contributed by atoms with Gasteiger partial charge in [0.25, 0.3) is 0 Å². The minimum atomic E-state index is 0.0805. The lowest BCUT2D eigenvalue weighted by atomic mass is 10.2. The molecule has 0 saturated carbocycles. The van der Waals surface area contributed by atoms with Gasteiger partial charge in [-0.05, 0) is 26.9 Å². The molecule has 0 aromatic heterocycles. The molecule has 1 aliphatic rings. The molecular weight excluding hydrogens is 217 g/mol. The van der Waals surface area contributed by atoms with Crippen molar-refractivity contribution in [3.8, 4) is 0 Å². The molecule has 0 radical (unpaired) electrons. The molecule has 4 heteroatoms. The highest BCUT2D eigenvalue weighted by atomic mass is 127. The highest BCUT2D eigenvalue weighted by Gasteiger charge is 2.05. The predicted octanol–water partition coefficient (Wildman–Crippen LogP) is 0.270. The summed E-state index contributed by atoms with van der Waals surface area (Å²) in [4.78, 5) is 0. The quantitative estimate of drug-likeness (QED) is 0.444. The standard InChI is InChI=1S/C4H10IN3/c1-3(2)4-5-7-8-6-4/h3,6-8H,1-2H3. The topological polar surface area (TPSA) is 36.1 Å². The normalized spacial score (nSPS) is 20.6. The van der Waals surface area contributed by atoms with Gasteiger partial charge >= 0.3 is 0 Å². The summed E-state index contributed by atoms with van der Waals surface area (Å²) in [5, 5.41) is 0. The van der Waals surface area contributed by atoms with Crippen LogP contribution in [0.3, 0.4) is 0 Å². The Labute approximate surface area is 59.3 Å². The molecule has 0 bridgehead atoms. The Hall–Kier alpha value is 0.480. The largest absolute Gasteiger partial charge is 0.210 e. The second kappa shape index (κ2) is 2.86. The van der Waals surface area contributed by atoms with E-state index in [1.54, 1.807) is 0 Å². The van der Waals surface area contributed by atoms with Crippen molar-refractivity contribution in [2.75, 3.05) is 0 Å². The van der Waals surface area contributed by atoms with Gasteiger partial charge in [0.15, 0.2) is 0 Å². The number of hydrazine groups is 2.